The Morgan fingerprint density at radius 3 is 2.45 bits per heavy atom. The Hall–Kier alpha value is -2.62. The second-order valence-electron chi connectivity index (χ2n) is 7.81. The van der Waals surface area contributed by atoms with Crippen LogP contribution in [0.2, 0.25) is 0 Å². The minimum absolute atomic E-state index is 0.104. The molecule has 3 rings (SSSR count). The van der Waals surface area contributed by atoms with E-state index < -0.39 is 43.9 Å². The first-order chi connectivity index (χ1) is 13.5. The second-order valence-corrected chi connectivity index (χ2v) is 10.5. The lowest BCUT2D eigenvalue weighted by molar-refractivity contribution is -0.150. The zero-order valence-electron chi connectivity index (χ0n) is 16.8. The average molecular weight is 423 g/mol. The third-order valence-electron chi connectivity index (χ3n) is 5.60. The van der Waals surface area contributed by atoms with E-state index in [1.165, 1.54) is 20.8 Å². The van der Waals surface area contributed by atoms with E-state index in [9.17, 15) is 22.8 Å². The predicted octanol–water partition coefficient (Wildman–Crippen LogP) is -0.0499. The highest BCUT2D eigenvalue weighted by atomic mass is 32.2. The standard InChI is InChI=1S/C19H25N3O6S/c1-11(17(24)20-10-12-5-7-13(28-4)8-6-12)21-18(25)16-19(2,3)29(26,27)15-9-14(23)22(15)16/h5-8,11,15-16H,9-10H2,1-4H3,(H,20,24)(H,21,25). The number of nitrogens with zero attached hydrogens (tertiary/aromatic N) is 1. The first-order valence-electron chi connectivity index (χ1n) is 9.26. The van der Waals surface area contributed by atoms with E-state index in [-0.39, 0.29) is 18.9 Å². The molecule has 0 bridgehead atoms. The fourth-order valence-corrected chi connectivity index (χ4v) is 5.83. The maximum absolute atomic E-state index is 12.8. The molecule has 0 radical (unpaired) electrons. The Balaban J connectivity index is 1.62. The molecule has 2 aliphatic rings. The van der Waals surface area contributed by atoms with E-state index in [4.69, 9.17) is 4.74 Å². The highest BCUT2D eigenvalue weighted by Crippen LogP contribution is 2.45. The molecule has 0 saturated carbocycles. The maximum atomic E-state index is 12.8. The van der Waals surface area contributed by atoms with E-state index in [2.05, 4.69) is 10.6 Å². The molecule has 158 valence electrons. The molecule has 0 spiro atoms. The van der Waals surface area contributed by atoms with Gasteiger partial charge in [-0.1, -0.05) is 12.1 Å². The Morgan fingerprint density at radius 2 is 1.90 bits per heavy atom. The number of carbonyl (C=O) groups excluding carboxylic acids is 3. The third-order valence-corrected chi connectivity index (χ3v) is 8.40. The summed E-state index contributed by atoms with van der Waals surface area (Å²) in [7, 11) is -2.10. The SMILES string of the molecule is COc1ccc(CNC(=O)C(C)NC(=O)C2N3C(=O)CC3S(=O)(=O)C2(C)C)cc1. The summed E-state index contributed by atoms with van der Waals surface area (Å²) in [6.07, 6.45) is -0.104. The molecule has 2 heterocycles. The summed E-state index contributed by atoms with van der Waals surface area (Å²) in [6.45, 7) is 4.64. The lowest BCUT2D eigenvalue weighted by Crippen LogP contribution is -2.61. The number of fused-ring (bicyclic) bond motifs is 1. The Morgan fingerprint density at radius 1 is 1.28 bits per heavy atom. The minimum Gasteiger partial charge on any atom is -0.497 e. The summed E-state index contributed by atoms with van der Waals surface area (Å²) in [5, 5.41) is 4.31. The Bertz CT molecular complexity index is 941. The van der Waals surface area contributed by atoms with Gasteiger partial charge in [-0.05, 0) is 38.5 Å². The maximum Gasteiger partial charge on any atom is 0.245 e. The van der Waals surface area contributed by atoms with Crippen LogP contribution in [0.25, 0.3) is 0 Å². The van der Waals surface area contributed by atoms with Crippen LogP contribution >= 0.6 is 0 Å². The summed E-state index contributed by atoms with van der Waals surface area (Å²) in [5.74, 6) is -0.741. The molecule has 2 saturated heterocycles. The van der Waals surface area contributed by atoms with Crippen LogP contribution in [0.4, 0.5) is 0 Å². The van der Waals surface area contributed by atoms with Gasteiger partial charge >= 0.3 is 0 Å². The van der Waals surface area contributed by atoms with Crippen molar-refractivity contribution in [1.29, 1.82) is 0 Å². The number of benzene rings is 1. The fourth-order valence-electron chi connectivity index (χ4n) is 3.70. The number of amides is 3. The largest absolute Gasteiger partial charge is 0.497 e. The molecule has 1 aromatic rings. The number of nitrogens with one attached hydrogen (secondary N) is 2. The van der Waals surface area contributed by atoms with Crippen molar-refractivity contribution in [1.82, 2.24) is 15.5 Å². The van der Waals surface area contributed by atoms with Gasteiger partial charge in [0, 0.05) is 6.54 Å². The number of rotatable bonds is 6. The molecule has 29 heavy (non-hydrogen) atoms. The van der Waals surface area contributed by atoms with Crippen LogP contribution in [0, 0.1) is 0 Å². The van der Waals surface area contributed by atoms with Crippen LogP contribution in [0.1, 0.15) is 32.8 Å². The van der Waals surface area contributed by atoms with E-state index >= 15 is 0 Å². The molecule has 2 aliphatic heterocycles. The lowest BCUT2D eigenvalue weighted by Gasteiger charge is -2.37. The van der Waals surface area contributed by atoms with Crippen LogP contribution in [-0.2, 0) is 30.8 Å². The van der Waals surface area contributed by atoms with E-state index in [0.717, 1.165) is 10.5 Å². The van der Waals surface area contributed by atoms with Crippen molar-refractivity contribution >= 4 is 27.6 Å². The van der Waals surface area contributed by atoms with Gasteiger partial charge in [0.1, 0.15) is 23.2 Å². The van der Waals surface area contributed by atoms with E-state index in [0.29, 0.717) is 5.75 Å². The number of methoxy groups -OCH3 is 1. The highest BCUT2D eigenvalue weighted by molar-refractivity contribution is 7.93. The van der Waals surface area contributed by atoms with Gasteiger partial charge < -0.3 is 20.3 Å². The summed E-state index contributed by atoms with van der Waals surface area (Å²) in [4.78, 5) is 38.2. The van der Waals surface area contributed by atoms with Gasteiger partial charge in [0.2, 0.25) is 17.7 Å². The molecule has 2 fully saturated rings. The molecule has 0 aromatic heterocycles. The Labute approximate surface area is 169 Å². The Kier molecular flexibility index (Phi) is 5.33. The van der Waals surface area contributed by atoms with Crippen LogP contribution in [0.3, 0.4) is 0 Å². The van der Waals surface area contributed by atoms with Crippen molar-refractivity contribution in [2.75, 3.05) is 7.11 Å². The third kappa shape index (κ3) is 3.45. The number of hydrogen-bond donors (Lipinski definition) is 2. The predicted molar refractivity (Wildman–Crippen MR) is 104 cm³/mol. The molecule has 0 aliphatic carbocycles. The van der Waals surface area contributed by atoms with Crippen LogP contribution in [-0.4, -0.2) is 60.4 Å². The zero-order valence-corrected chi connectivity index (χ0v) is 17.6. The molecule has 2 N–H and O–H groups in total. The molecule has 3 atom stereocenters. The average Bonchev–Trinajstić information content (AvgIpc) is 2.80. The van der Waals surface area contributed by atoms with Gasteiger partial charge in [-0.3, -0.25) is 14.4 Å². The van der Waals surface area contributed by atoms with Crippen LogP contribution in [0.15, 0.2) is 24.3 Å². The summed E-state index contributed by atoms with van der Waals surface area (Å²) in [6, 6.07) is 5.12. The summed E-state index contributed by atoms with van der Waals surface area (Å²) < 4.78 is 28.9. The van der Waals surface area contributed by atoms with Gasteiger partial charge in [0.05, 0.1) is 18.3 Å². The topological polar surface area (TPSA) is 122 Å². The minimum atomic E-state index is -3.67. The van der Waals surface area contributed by atoms with Gasteiger partial charge in [-0.15, -0.1) is 0 Å². The molecular formula is C19H25N3O6S. The van der Waals surface area contributed by atoms with Crippen LogP contribution < -0.4 is 15.4 Å². The smallest absolute Gasteiger partial charge is 0.245 e. The van der Waals surface area contributed by atoms with Crippen molar-refractivity contribution in [3.63, 3.8) is 0 Å². The van der Waals surface area contributed by atoms with Crippen molar-refractivity contribution in [2.24, 2.45) is 0 Å². The lowest BCUT2D eigenvalue weighted by atomic mass is 9.97. The van der Waals surface area contributed by atoms with Crippen LogP contribution in [0.5, 0.6) is 5.75 Å². The number of β-lactam (4-membered cyclic amide) rings is 1. The highest BCUT2D eigenvalue weighted by Gasteiger charge is 2.67. The number of hydrogen-bond acceptors (Lipinski definition) is 6. The van der Waals surface area contributed by atoms with Gasteiger partial charge in [0.15, 0.2) is 9.84 Å². The van der Waals surface area contributed by atoms with Crippen molar-refractivity contribution < 1.29 is 27.5 Å². The van der Waals surface area contributed by atoms with E-state index in [1.54, 1.807) is 19.2 Å². The van der Waals surface area contributed by atoms with Crippen molar-refractivity contribution in [2.45, 2.75) is 55.9 Å². The molecule has 9 nitrogen and oxygen atoms in total. The van der Waals surface area contributed by atoms with Gasteiger partial charge in [-0.2, -0.15) is 0 Å². The number of ether oxygens (including phenoxy) is 1. The molecule has 1 aromatic carbocycles. The molecule has 10 heteroatoms. The first-order valence-corrected chi connectivity index (χ1v) is 10.8. The van der Waals surface area contributed by atoms with E-state index in [1.807, 2.05) is 12.1 Å². The van der Waals surface area contributed by atoms with Crippen molar-refractivity contribution in [3.8, 4) is 5.75 Å². The molecule has 3 amide bonds. The summed E-state index contributed by atoms with van der Waals surface area (Å²) >= 11 is 0. The first kappa shape index (κ1) is 21.1. The number of sulfone groups is 1. The quantitative estimate of drug-likeness (QED) is 0.619. The fraction of sp³-hybridized carbons (Fsp3) is 0.526. The van der Waals surface area contributed by atoms with Crippen molar-refractivity contribution in [3.05, 3.63) is 29.8 Å². The monoisotopic (exact) mass is 423 g/mol. The summed E-state index contributed by atoms with van der Waals surface area (Å²) in [5.41, 5.74) is 0.856. The number of carbonyl (C=O) groups is 3. The second kappa shape index (κ2) is 7.33. The molecule has 3 unspecified atom stereocenters. The normalized spacial score (nSPS) is 24.8. The van der Waals surface area contributed by atoms with Gasteiger partial charge in [0.25, 0.3) is 0 Å². The molecular weight excluding hydrogens is 398 g/mol. The zero-order chi connectivity index (χ0) is 21.6. The van der Waals surface area contributed by atoms with Gasteiger partial charge in [-0.25, -0.2) is 8.42 Å².